The maximum atomic E-state index is 12.4. The van der Waals surface area contributed by atoms with Crippen LogP contribution in [0.15, 0.2) is 29.7 Å². The van der Waals surface area contributed by atoms with Crippen LogP contribution in [0.3, 0.4) is 0 Å². The van der Waals surface area contributed by atoms with Crippen LogP contribution in [0.1, 0.15) is 38.4 Å². The fraction of sp³-hybridized carbons (Fsp3) is 0.474. The Kier molecular flexibility index (Phi) is 7.39. The first kappa shape index (κ1) is 21.8. The van der Waals surface area contributed by atoms with Crippen LogP contribution in [0, 0.1) is 0 Å². The third-order valence-corrected chi connectivity index (χ3v) is 5.77. The number of carbonyl (C=O) groups excluding carboxylic acids is 3. The Bertz CT molecular complexity index is 903. The fourth-order valence-corrected chi connectivity index (χ4v) is 3.97. The molecule has 11 heteroatoms. The summed E-state index contributed by atoms with van der Waals surface area (Å²) in [6.45, 7) is 2.70. The van der Waals surface area contributed by atoms with Crippen molar-refractivity contribution in [3.63, 3.8) is 0 Å². The quantitative estimate of drug-likeness (QED) is 0.665. The van der Waals surface area contributed by atoms with Gasteiger partial charge in [-0.2, -0.15) is 0 Å². The summed E-state index contributed by atoms with van der Waals surface area (Å²) in [5, 5.41) is 13.1. The zero-order valence-corrected chi connectivity index (χ0v) is 17.8. The molecule has 10 nitrogen and oxygen atoms in total. The van der Waals surface area contributed by atoms with Crippen molar-refractivity contribution in [3.8, 4) is 5.69 Å². The van der Waals surface area contributed by atoms with Gasteiger partial charge in [-0.25, -0.2) is 4.79 Å². The van der Waals surface area contributed by atoms with E-state index in [9.17, 15) is 14.4 Å². The van der Waals surface area contributed by atoms with Crippen molar-refractivity contribution in [3.05, 3.63) is 30.4 Å². The van der Waals surface area contributed by atoms with E-state index in [4.69, 9.17) is 0 Å². The lowest BCUT2D eigenvalue weighted by atomic mass is 10.2. The molecule has 0 aliphatic carbocycles. The summed E-state index contributed by atoms with van der Waals surface area (Å²) < 4.78 is 1.81. The Morgan fingerprint density at radius 1 is 1.27 bits per heavy atom. The van der Waals surface area contributed by atoms with Crippen molar-refractivity contribution in [2.24, 2.45) is 0 Å². The van der Waals surface area contributed by atoms with Crippen LogP contribution >= 0.6 is 11.8 Å². The molecule has 0 radical (unpaired) electrons. The van der Waals surface area contributed by atoms with Gasteiger partial charge in [-0.3, -0.25) is 24.5 Å². The molecule has 3 rings (SSSR count). The molecular formula is C19H25N7O3S. The van der Waals surface area contributed by atoms with Crippen LogP contribution in [0.25, 0.3) is 5.69 Å². The van der Waals surface area contributed by atoms with Gasteiger partial charge in [0.2, 0.25) is 11.8 Å². The average Bonchev–Trinajstić information content (AvgIpc) is 3.02. The van der Waals surface area contributed by atoms with Crippen LogP contribution in [0.2, 0.25) is 0 Å². The van der Waals surface area contributed by atoms with Gasteiger partial charge in [-0.1, -0.05) is 18.2 Å². The molecule has 2 N–H and O–H groups in total. The summed E-state index contributed by atoms with van der Waals surface area (Å²) in [7, 11) is 1.44. The fourth-order valence-electron chi connectivity index (χ4n) is 3.09. The maximum absolute atomic E-state index is 12.4. The molecule has 160 valence electrons. The number of nitrogens with zero attached hydrogens (tertiary/aromatic N) is 5. The van der Waals surface area contributed by atoms with Gasteiger partial charge in [-0.05, 0) is 31.9 Å². The van der Waals surface area contributed by atoms with Gasteiger partial charge >= 0.3 is 6.03 Å². The molecular weight excluding hydrogens is 406 g/mol. The van der Waals surface area contributed by atoms with Crippen LogP contribution < -0.4 is 10.6 Å². The Morgan fingerprint density at radius 3 is 2.83 bits per heavy atom. The predicted octanol–water partition coefficient (Wildman–Crippen LogP) is 1.50. The normalized spacial score (nSPS) is 15.4. The van der Waals surface area contributed by atoms with E-state index in [0.717, 1.165) is 24.9 Å². The summed E-state index contributed by atoms with van der Waals surface area (Å²) in [4.78, 5) is 42.1. The van der Waals surface area contributed by atoms with Crippen molar-refractivity contribution in [2.75, 3.05) is 13.6 Å². The van der Waals surface area contributed by atoms with Gasteiger partial charge in [0.05, 0.1) is 23.7 Å². The second-order valence-corrected chi connectivity index (χ2v) is 8.21. The highest BCUT2D eigenvalue weighted by Gasteiger charge is 2.25. The lowest BCUT2D eigenvalue weighted by Gasteiger charge is -2.20. The standard InChI is InChI=1S/C19H25N7O3S/c1-13(17(28)22-18(29)20-2)30-19-24-23-15(26(19)14-7-6-9-21-11-14)12-25-10-5-3-4-8-16(25)27/h6-7,9,11,13H,3-5,8,10,12H2,1-2H3,(H2,20,22,28,29). The molecule has 0 saturated carbocycles. The van der Waals surface area contributed by atoms with Crippen molar-refractivity contribution in [1.82, 2.24) is 35.3 Å². The number of likely N-dealkylation sites (tertiary alicyclic amines) is 1. The SMILES string of the molecule is CNC(=O)NC(=O)C(C)Sc1nnc(CN2CCCCCC2=O)n1-c1cccnc1. The average molecular weight is 432 g/mol. The number of pyridine rings is 1. The largest absolute Gasteiger partial charge is 0.341 e. The number of hydrogen-bond donors (Lipinski definition) is 2. The number of hydrogen-bond acceptors (Lipinski definition) is 7. The molecule has 3 heterocycles. The van der Waals surface area contributed by atoms with Gasteiger partial charge in [0.1, 0.15) is 0 Å². The Hall–Kier alpha value is -2.95. The van der Waals surface area contributed by atoms with Crippen LogP contribution in [-0.4, -0.2) is 61.3 Å². The highest BCUT2D eigenvalue weighted by atomic mass is 32.2. The number of nitrogens with one attached hydrogen (secondary N) is 2. The van der Waals surface area contributed by atoms with Gasteiger partial charge in [0.25, 0.3) is 0 Å². The third kappa shape index (κ3) is 5.35. The lowest BCUT2D eigenvalue weighted by molar-refractivity contribution is -0.131. The van der Waals surface area contributed by atoms with Gasteiger partial charge in [0.15, 0.2) is 11.0 Å². The van der Waals surface area contributed by atoms with E-state index in [2.05, 4.69) is 25.8 Å². The first-order valence-electron chi connectivity index (χ1n) is 9.81. The summed E-state index contributed by atoms with van der Waals surface area (Å²) in [5.41, 5.74) is 0.737. The second-order valence-electron chi connectivity index (χ2n) is 6.90. The van der Waals surface area contributed by atoms with E-state index in [1.54, 1.807) is 34.9 Å². The van der Waals surface area contributed by atoms with Gasteiger partial charge in [0, 0.05) is 26.2 Å². The third-order valence-electron chi connectivity index (χ3n) is 4.72. The van der Waals surface area contributed by atoms with E-state index >= 15 is 0 Å². The molecule has 0 bridgehead atoms. The number of aromatic nitrogens is 4. The Balaban J connectivity index is 1.86. The summed E-state index contributed by atoms with van der Waals surface area (Å²) in [6, 6.07) is 3.09. The number of amides is 4. The number of imide groups is 1. The van der Waals surface area contributed by atoms with E-state index in [1.807, 2.05) is 6.07 Å². The van der Waals surface area contributed by atoms with Crippen molar-refractivity contribution < 1.29 is 14.4 Å². The number of thioether (sulfide) groups is 1. The Labute approximate surface area is 178 Å². The smallest absolute Gasteiger partial charge is 0.321 e. The van der Waals surface area contributed by atoms with Crippen LogP contribution in [0.5, 0.6) is 0 Å². The zero-order valence-electron chi connectivity index (χ0n) is 17.0. The van der Waals surface area contributed by atoms with Crippen LogP contribution in [0.4, 0.5) is 4.79 Å². The molecule has 4 amide bonds. The van der Waals surface area contributed by atoms with E-state index in [1.165, 1.54) is 18.8 Å². The molecule has 2 aromatic heterocycles. The minimum Gasteiger partial charge on any atom is -0.341 e. The monoisotopic (exact) mass is 431 g/mol. The maximum Gasteiger partial charge on any atom is 0.321 e. The lowest BCUT2D eigenvalue weighted by Crippen LogP contribution is -2.41. The topological polar surface area (TPSA) is 122 Å². The molecule has 1 unspecified atom stereocenters. The molecule has 1 atom stereocenters. The highest BCUT2D eigenvalue weighted by molar-refractivity contribution is 8.00. The van der Waals surface area contributed by atoms with Gasteiger partial charge in [-0.15, -0.1) is 10.2 Å². The molecule has 1 saturated heterocycles. The zero-order chi connectivity index (χ0) is 21.5. The first-order valence-corrected chi connectivity index (χ1v) is 10.7. The number of urea groups is 1. The minimum absolute atomic E-state index is 0.112. The van der Waals surface area contributed by atoms with Crippen molar-refractivity contribution in [1.29, 1.82) is 0 Å². The second kappa shape index (κ2) is 10.2. The van der Waals surface area contributed by atoms with E-state index < -0.39 is 17.2 Å². The minimum atomic E-state index is -0.588. The molecule has 0 aromatic carbocycles. The Morgan fingerprint density at radius 2 is 2.10 bits per heavy atom. The van der Waals surface area contributed by atoms with Crippen LogP contribution in [-0.2, 0) is 16.1 Å². The summed E-state index contributed by atoms with van der Waals surface area (Å²) in [5.74, 6) is 0.268. The molecule has 1 aliphatic rings. The number of carbonyl (C=O) groups is 3. The molecule has 1 fully saturated rings. The number of rotatable bonds is 6. The molecule has 30 heavy (non-hydrogen) atoms. The van der Waals surface area contributed by atoms with Gasteiger partial charge < -0.3 is 10.2 Å². The molecule has 2 aromatic rings. The van der Waals surface area contributed by atoms with Crippen molar-refractivity contribution in [2.45, 2.75) is 49.6 Å². The van der Waals surface area contributed by atoms with Crippen molar-refractivity contribution >= 4 is 29.6 Å². The summed E-state index contributed by atoms with van der Waals surface area (Å²) in [6.07, 6.45) is 6.79. The van der Waals surface area contributed by atoms with E-state index in [-0.39, 0.29) is 5.91 Å². The molecule has 1 aliphatic heterocycles. The first-order chi connectivity index (χ1) is 14.5. The van der Waals surface area contributed by atoms with E-state index in [0.29, 0.717) is 30.5 Å². The predicted molar refractivity (Wildman–Crippen MR) is 111 cm³/mol. The summed E-state index contributed by atoms with van der Waals surface area (Å²) >= 11 is 1.18. The molecule has 0 spiro atoms. The highest BCUT2D eigenvalue weighted by Crippen LogP contribution is 2.26.